The Morgan fingerprint density at radius 1 is 1.07 bits per heavy atom. The van der Waals surface area contributed by atoms with Gasteiger partial charge in [-0.25, -0.2) is 9.97 Å². The number of hydrogen-bond acceptors (Lipinski definition) is 5. The molecular weight excluding hydrogens is 364 g/mol. The molecule has 0 aliphatic heterocycles. The summed E-state index contributed by atoms with van der Waals surface area (Å²) in [4.78, 5) is 9.01. The average molecular weight is 388 g/mol. The van der Waals surface area contributed by atoms with Crippen LogP contribution in [0.25, 0.3) is 27.8 Å². The summed E-state index contributed by atoms with van der Waals surface area (Å²) in [6.07, 6.45) is 3.15. The highest BCUT2D eigenvalue weighted by Crippen LogP contribution is 2.35. The van der Waals surface area contributed by atoms with Gasteiger partial charge in [-0.1, -0.05) is 30.3 Å². The van der Waals surface area contributed by atoms with Crippen molar-refractivity contribution in [2.24, 2.45) is 0 Å². The van der Waals surface area contributed by atoms with Crippen LogP contribution < -0.4 is 10.1 Å². The van der Waals surface area contributed by atoms with E-state index < -0.39 is 6.10 Å². The van der Waals surface area contributed by atoms with Crippen molar-refractivity contribution in [1.82, 2.24) is 14.5 Å². The molecule has 0 radical (unpaired) electrons. The number of rotatable bonds is 7. The Bertz CT molecular complexity index is 1090. The maximum Gasteiger partial charge on any atom is 0.150 e. The van der Waals surface area contributed by atoms with E-state index in [0.717, 1.165) is 33.6 Å². The number of aliphatic hydroxyl groups excluding tert-OH is 1. The summed E-state index contributed by atoms with van der Waals surface area (Å²) in [5.74, 6) is 1.55. The van der Waals surface area contributed by atoms with Crippen LogP contribution in [0.1, 0.15) is 13.8 Å². The minimum absolute atomic E-state index is 0.411. The van der Waals surface area contributed by atoms with Crippen molar-refractivity contribution in [2.75, 3.05) is 18.5 Å². The molecule has 0 bridgehead atoms. The molecule has 0 saturated heterocycles. The van der Waals surface area contributed by atoms with E-state index in [0.29, 0.717) is 19.0 Å². The van der Waals surface area contributed by atoms with Crippen molar-refractivity contribution in [3.63, 3.8) is 0 Å². The summed E-state index contributed by atoms with van der Waals surface area (Å²) in [5, 5.41) is 13.9. The maximum absolute atomic E-state index is 9.70. The van der Waals surface area contributed by atoms with Gasteiger partial charge in [0.15, 0.2) is 5.65 Å². The minimum atomic E-state index is -0.478. The monoisotopic (exact) mass is 388 g/mol. The molecule has 6 nitrogen and oxygen atoms in total. The summed E-state index contributed by atoms with van der Waals surface area (Å²) in [6, 6.07) is 18.1. The van der Waals surface area contributed by atoms with Gasteiger partial charge in [0.2, 0.25) is 0 Å². The van der Waals surface area contributed by atoms with Gasteiger partial charge < -0.3 is 19.7 Å². The fourth-order valence-corrected chi connectivity index (χ4v) is 3.34. The highest BCUT2D eigenvalue weighted by molar-refractivity contribution is 6.02. The minimum Gasteiger partial charge on any atom is -0.494 e. The second kappa shape index (κ2) is 8.32. The molecule has 0 aliphatic rings. The summed E-state index contributed by atoms with van der Waals surface area (Å²) >= 11 is 0. The molecule has 148 valence electrons. The lowest BCUT2D eigenvalue weighted by atomic mass is 10.1. The Morgan fingerprint density at radius 3 is 2.52 bits per heavy atom. The van der Waals surface area contributed by atoms with Crippen molar-refractivity contribution >= 4 is 16.9 Å². The number of nitrogens with one attached hydrogen (secondary N) is 1. The van der Waals surface area contributed by atoms with Gasteiger partial charge in [-0.2, -0.15) is 0 Å². The second-order valence-electron chi connectivity index (χ2n) is 6.86. The van der Waals surface area contributed by atoms with Crippen LogP contribution in [0.5, 0.6) is 5.75 Å². The molecule has 4 aromatic rings. The third kappa shape index (κ3) is 3.93. The van der Waals surface area contributed by atoms with E-state index in [2.05, 4.69) is 38.2 Å². The van der Waals surface area contributed by atoms with E-state index >= 15 is 0 Å². The van der Waals surface area contributed by atoms with Crippen LogP contribution in [0.4, 0.5) is 5.82 Å². The first kappa shape index (κ1) is 19.0. The Hall–Kier alpha value is -3.38. The molecule has 0 fully saturated rings. The van der Waals surface area contributed by atoms with Crippen LogP contribution in [0.15, 0.2) is 67.1 Å². The standard InChI is InChI=1S/C23H24N4O2/c1-3-29-19-11-9-18(10-12-19)27-14-20(17-7-5-4-6-8-17)21-22(24-13-16(2)28)25-15-26-23(21)27/h4-12,14-16,28H,3,13H2,1-2H3,(H,24,25,26). The summed E-state index contributed by atoms with van der Waals surface area (Å²) in [6.45, 7) is 4.76. The number of nitrogens with zero attached hydrogens (tertiary/aromatic N) is 3. The first-order valence-corrected chi connectivity index (χ1v) is 9.74. The van der Waals surface area contributed by atoms with Gasteiger partial charge in [-0.3, -0.25) is 0 Å². The number of ether oxygens (including phenoxy) is 1. The third-order valence-electron chi connectivity index (χ3n) is 4.66. The van der Waals surface area contributed by atoms with E-state index in [4.69, 9.17) is 4.74 Å². The number of fused-ring (bicyclic) bond motifs is 1. The second-order valence-corrected chi connectivity index (χ2v) is 6.86. The molecule has 29 heavy (non-hydrogen) atoms. The van der Waals surface area contributed by atoms with Crippen molar-refractivity contribution < 1.29 is 9.84 Å². The normalized spacial score (nSPS) is 12.1. The molecule has 1 atom stereocenters. The molecule has 0 saturated carbocycles. The van der Waals surface area contributed by atoms with Crippen LogP contribution in [0.3, 0.4) is 0 Å². The topological polar surface area (TPSA) is 72.2 Å². The van der Waals surface area contributed by atoms with Crippen LogP contribution in [-0.4, -0.2) is 38.9 Å². The van der Waals surface area contributed by atoms with Gasteiger partial charge in [0.05, 0.1) is 18.1 Å². The lowest BCUT2D eigenvalue weighted by molar-refractivity contribution is 0.208. The Labute approximate surface area is 169 Å². The summed E-state index contributed by atoms with van der Waals surface area (Å²) in [5.41, 5.74) is 3.90. The zero-order valence-corrected chi connectivity index (χ0v) is 16.5. The van der Waals surface area contributed by atoms with E-state index in [9.17, 15) is 5.11 Å². The first-order chi connectivity index (χ1) is 14.2. The van der Waals surface area contributed by atoms with Crippen LogP contribution >= 0.6 is 0 Å². The number of benzene rings is 2. The van der Waals surface area contributed by atoms with Crippen molar-refractivity contribution in [2.45, 2.75) is 20.0 Å². The Kier molecular flexibility index (Phi) is 5.44. The molecule has 1 unspecified atom stereocenters. The predicted octanol–water partition coefficient (Wildman–Crippen LogP) is 4.28. The molecule has 2 heterocycles. The molecule has 2 aromatic heterocycles. The van der Waals surface area contributed by atoms with Crippen molar-refractivity contribution in [3.05, 3.63) is 67.1 Å². The predicted molar refractivity (Wildman–Crippen MR) is 116 cm³/mol. The molecular formula is C23H24N4O2. The SMILES string of the molecule is CCOc1ccc(-n2cc(-c3ccccc3)c3c(NCC(C)O)ncnc32)cc1. The van der Waals surface area contributed by atoms with Gasteiger partial charge >= 0.3 is 0 Å². The molecule has 6 heteroatoms. The van der Waals surface area contributed by atoms with Crippen molar-refractivity contribution in [1.29, 1.82) is 0 Å². The van der Waals surface area contributed by atoms with E-state index in [-0.39, 0.29) is 0 Å². The molecule has 2 N–H and O–H groups in total. The molecule has 4 rings (SSSR count). The van der Waals surface area contributed by atoms with Crippen LogP contribution in [0.2, 0.25) is 0 Å². The fraction of sp³-hybridized carbons (Fsp3) is 0.217. The molecule has 0 aliphatic carbocycles. The number of aliphatic hydroxyl groups is 1. The number of hydrogen-bond donors (Lipinski definition) is 2. The van der Waals surface area contributed by atoms with E-state index in [1.807, 2.05) is 49.4 Å². The van der Waals surface area contributed by atoms with Gasteiger partial charge in [-0.15, -0.1) is 0 Å². The lowest BCUT2D eigenvalue weighted by Gasteiger charge is -2.10. The van der Waals surface area contributed by atoms with E-state index in [1.165, 1.54) is 0 Å². The zero-order valence-electron chi connectivity index (χ0n) is 16.5. The highest BCUT2D eigenvalue weighted by Gasteiger charge is 2.17. The molecule has 0 amide bonds. The smallest absolute Gasteiger partial charge is 0.150 e. The van der Waals surface area contributed by atoms with E-state index in [1.54, 1.807) is 13.3 Å². The van der Waals surface area contributed by atoms with Crippen LogP contribution in [0, 0.1) is 0 Å². The van der Waals surface area contributed by atoms with Gasteiger partial charge in [0.25, 0.3) is 0 Å². The average Bonchev–Trinajstić information content (AvgIpc) is 3.14. The molecule has 0 spiro atoms. The lowest BCUT2D eigenvalue weighted by Crippen LogP contribution is -2.16. The van der Waals surface area contributed by atoms with Gasteiger partial charge in [0.1, 0.15) is 17.9 Å². The molecule has 2 aromatic carbocycles. The quantitative estimate of drug-likeness (QED) is 0.494. The summed E-state index contributed by atoms with van der Waals surface area (Å²) in [7, 11) is 0. The third-order valence-corrected chi connectivity index (χ3v) is 4.66. The summed E-state index contributed by atoms with van der Waals surface area (Å²) < 4.78 is 7.62. The van der Waals surface area contributed by atoms with Crippen LogP contribution in [-0.2, 0) is 0 Å². The Balaban J connectivity index is 1.88. The van der Waals surface area contributed by atoms with Gasteiger partial charge in [0, 0.05) is 24.0 Å². The largest absolute Gasteiger partial charge is 0.494 e. The fourth-order valence-electron chi connectivity index (χ4n) is 3.34. The number of aromatic nitrogens is 3. The maximum atomic E-state index is 9.70. The first-order valence-electron chi connectivity index (χ1n) is 9.74. The zero-order chi connectivity index (χ0) is 20.2. The Morgan fingerprint density at radius 2 is 1.83 bits per heavy atom. The number of anilines is 1. The van der Waals surface area contributed by atoms with Gasteiger partial charge in [-0.05, 0) is 43.7 Å². The van der Waals surface area contributed by atoms with Crippen molar-refractivity contribution in [3.8, 4) is 22.6 Å². The highest BCUT2D eigenvalue weighted by atomic mass is 16.5.